The molecular weight excluding hydrogens is 276 g/mol. The minimum absolute atomic E-state index is 0.351. The normalized spacial score (nSPS) is 13.3. The van der Waals surface area contributed by atoms with E-state index in [4.69, 9.17) is 5.11 Å². The SMILES string of the molecule is CC(CNC(=O)O)(Cc1ccccc1)NCc1ccccc1. The van der Waals surface area contributed by atoms with Crippen molar-refractivity contribution in [2.45, 2.75) is 25.4 Å². The predicted octanol–water partition coefficient (Wildman–Crippen LogP) is 3.05. The lowest BCUT2D eigenvalue weighted by Gasteiger charge is -2.31. The molecule has 0 fully saturated rings. The Morgan fingerprint density at radius 3 is 2.09 bits per heavy atom. The van der Waals surface area contributed by atoms with E-state index >= 15 is 0 Å². The highest BCUT2D eigenvalue weighted by Gasteiger charge is 2.24. The quantitative estimate of drug-likeness (QED) is 0.736. The molecule has 0 saturated carbocycles. The summed E-state index contributed by atoms with van der Waals surface area (Å²) in [7, 11) is 0. The van der Waals surface area contributed by atoms with Crippen molar-refractivity contribution in [1.29, 1.82) is 0 Å². The molecule has 1 atom stereocenters. The average molecular weight is 298 g/mol. The lowest BCUT2D eigenvalue weighted by molar-refractivity contribution is 0.188. The maximum atomic E-state index is 10.8. The van der Waals surface area contributed by atoms with Crippen LogP contribution in [0.15, 0.2) is 60.7 Å². The maximum Gasteiger partial charge on any atom is 0.404 e. The van der Waals surface area contributed by atoms with E-state index in [9.17, 15) is 4.79 Å². The van der Waals surface area contributed by atoms with Gasteiger partial charge in [-0.3, -0.25) is 0 Å². The van der Waals surface area contributed by atoms with Gasteiger partial charge in [0.2, 0.25) is 0 Å². The van der Waals surface area contributed by atoms with Crippen LogP contribution in [0.2, 0.25) is 0 Å². The molecule has 0 bridgehead atoms. The molecular formula is C18H22N2O2. The van der Waals surface area contributed by atoms with Crippen molar-refractivity contribution in [3.8, 4) is 0 Å². The summed E-state index contributed by atoms with van der Waals surface area (Å²) in [6.07, 6.45) is -0.248. The molecule has 22 heavy (non-hydrogen) atoms. The zero-order valence-corrected chi connectivity index (χ0v) is 12.8. The second-order valence-electron chi connectivity index (χ2n) is 5.72. The fraction of sp³-hybridized carbons (Fsp3) is 0.278. The van der Waals surface area contributed by atoms with Gasteiger partial charge in [0.05, 0.1) is 0 Å². The third-order valence-electron chi connectivity index (χ3n) is 3.63. The molecule has 3 N–H and O–H groups in total. The van der Waals surface area contributed by atoms with Crippen LogP contribution in [0, 0.1) is 0 Å². The molecule has 2 rings (SSSR count). The summed E-state index contributed by atoms with van der Waals surface area (Å²) in [4.78, 5) is 10.8. The molecule has 0 aliphatic heterocycles. The van der Waals surface area contributed by atoms with Crippen LogP contribution in [0.3, 0.4) is 0 Å². The first kappa shape index (κ1) is 16.0. The summed E-state index contributed by atoms with van der Waals surface area (Å²) >= 11 is 0. The molecule has 1 amide bonds. The van der Waals surface area contributed by atoms with Crippen molar-refractivity contribution in [2.24, 2.45) is 0 Å². The van der Waals surface area contributed by atoms with Gasteiger partial charge in [0, 0.05) is 18.6 Å². The highest BCUT2D eigenvalue weighted by atomic mass is 16.4. The van der Waals surface area contributed by atoms with E-state index in [2.05, 4.69) is 34.9 Å². The van der Waals surface area contributed by atoms with Crippen LogP contribution in [0.5, 0.6) is 0 Å². The lowest BCUT2D eigenvalue weighted by Crippen LogP contribution is -2.52. The minimum Gasteiger partial charge on any atom is -0.465 e. The molecule has 0 aliphatic rings. The van der Waals surface area contributed by atoms with Gasteiger partial charge in [0.15, 0.2) is 0 Å². The van der Waals surface area contributed by atoms with E-state index in [0.29, 0.717) is 13.1 Å². The molecule has 0 aromatic heterocycles. The third kappa shape index (κ3) is 5.22. The van der Waals surface area contributed by atoms with Crippen molar-refractivity contribution < 1.29 is 9.90 Å². The van der Waals surface area contributed by atoms with Crippen molar-refractivity contribution in [3.63, 3.8) is 0 Å². The minimum atomic E-state index is -0.999. The fourth-order valence-electron chi connectivity index (χ4n) is 2.42. The first-order valence-corrected chi connectivity index (χ1v) is 7.37. The van der Waals surface area contributed by atoms with E-state index in [1.54, 1.807) is 0 Å². The number of benzene rings is 2. The van der Waals surface area contributed by atoms with Gasteiger partial charge in [-0.25, -0.2) is 4.79 Å². The standard InChI is InChI=1S/C18H22N2O2/c1-18(14-19-17(21)22,12-15-8-4-2-5-9-15)20-13-16-10-6-3-7-11-16/h2-11,19-20H,12-14H2,1H3,(H,21,22). The molecule has 4 nitrogen and oxygen atoms in total. The van der Waals surface area contributed by atoms with Gasteiger partial charge < -0.3 is 15.7 Å². The number of nitrogens with one attached hydrogen (secondary N) is 2. The smallest absolute Gasteiger partial charge is 0.404 e. The fourth-order valence-corrected chi connectivity index (χ4v) is 2.42. The molecule has 0 spiro atoms. The van der Waals surface area contributed by atoms with Crippen LogP contribution in [0.4, 0.5) is 4.79 Å². The monoisotopic (exact) mass is 298 g/mol. The zero-order valence-electron chi connectivity index (χ0n) is 12.8. The van der Waals surface area contributed by atoms with Gasteiger partial charge in [-0.15, -0.1) is 0 Å². The van der Waals surface area contributed by atoms with Crippen molar-refractivity contribution >= 4 is 6.09 Å². The van der Waals surface area contributed by atoms with Crippen LogP contribution in [-0.4, -0.2) is 23.3 Å². The molecule has 2 aromatic rings. The van der Waals surface area contributed by atoms with Crippen molar-refractivity contribution in [3.05, 3.63) is 71.8 Å². The van der Waals surface area contributed by atoms with E-state index in [1.165, 1.54) is 11.1 Å². The second kappa shape index (κ2) is 7.61. The van der Waals surface area contributed by atoms with Gasteiger partial charge in [0.1, 0.15) is 0 Å². The van der Waals surface area contributed by atoms with Gasteiger partial charge in [-0.05, 0) is 24.5 Å². The number of hydrogen-bond acceptors (Lipinski definition) is 2. The Balaban J connectivity index is 2.05. The van der Waals surface area contributed by atoms with Gasteiger partial charge >= 0.3 is 6.09 Å². The Kier molecular flexibility index (Phi) is 5.55. The van der Waals surface area contributed by atoms with E-state index < -0.39 is 6.09 Å². The Hall–Kier alpha value is -2.33. The number of carboxylic acid groups (broad SMARTS) is 1. The number of carbonyl (C=O) groups is 1. The topological polar surface area (TPSA) is 61.4 Å². The summed E-state index contributed by atoms with van der Waals surface area (Å²) in [6.45, 7) is 3.09. The summed E-state index contributed by atoms with van der Waals surface area (Å²) < 4.78 is 0. The molecule has 0 heterocycles. The number of amides is 1. The summed E-state index contributed by atoms with van der Waals surface area (Å²) in [5.41, 5.74) is 2.00. The van der Waals surface area contributed by atoms with E-state index in [1.807, 2.05) is 43.3 Å². The molecule has 1 unspecified atom stereocenters. The first-order chi connectivity index (χ1) is 10.6. The van der Waals surface area contributed by atoms with Gasteiger partial charge in [-0.2, -0.15) is 0 Å². The van der Waals surface area contributed by atoms with Gasteiger partial charge in [-0.1, -0.05) is 60.7 Å². The molecule has 116 valence electrons. The summed E-state index contributed by atoms with van der Waals surface area (Å²) in [5.74, 6) is 0. The average Bonchev–Trinajstić information content (AvgIpc) is 2.53. The lowest BCUT2D eigenvalue weighted by atomic mass is 9.92. The van der Waals surface area contributed by atoms with Crippen molar-refractivity contribution in [2.75, 3.05) is 6.54 Å². The van der Waals surface area contributed by atoms with Crippen LogP contribution in [-0.2, 0) is 13.0 Å². The largest absolute Gasteiger partial charge is 0.465 e. The Morgan fingerprint density at radius 1 is 1.00 bits per heavy atom. The first-order valence-electron chi connectivity index (χ1n) is 7.37. The summed E-state index contributed by atoms with van der Waals surface area (Å²) in [6, 6.07) is 20.2. The van der Waals surface area contributed by atoms with Crippen LogP contribution in [0.1, 0.15) is 18.1 Å². The maximum absolute atomic E-state index is 10.8. The molecule has 0 radical (unpaired) electrons. The zero-order chi connectivity index (χ0) is 15.8. The van der Waals surface area contributed by atoms with Crippen LogP contribution >= 0.6 is 0 Å². The Morgan fingerprint density at radius 2 is 1.55 bits per heavy atom. The molecule has 0 saturated heterocycles. The van der Waals surface area contributed by atoms with Crippen LogP contribution < -0.4 is 10.6 Å². The predicted molar refractivity (Wildman–Crippen MR) is 87.9 cm³/mol. The molecule has 4 heteroatoms. The highest BCUT2D eigenvalue weighted by molar-refractivity contribution is 5.64. The summed E-state index contributed by atoms with van der Waals surface area (Å²) in [5, 5.41) is 14.9. The van der Waals surface area contributed by atoms with Crippen LogP contribution in [0.25, 0.3) is 0 Å². The number of rotatable bonds is 7. The number of hydrogen-bond donors (Lipinski definition) is 3. The highest BCUT2D eigenvalue weighted by Crippen LogP contribution is 2.14. The van der Waals surface area contributed by atoms with Gasteiger partial charge in [0.25, 0.3) is 0 Å². The van der Waals surface area contributed by atoms with E-state index in [0.717, 1.165) is 6.42 Å². The Labute approximate surface area is 131 Å². The Bertz CT molecular complexity index is 587. The third-order valence-corrected chi connectivity index (χ3v) is 3.63. The molecule has 0 aliphatic carbocycles. The van der Waals surface area contributed by atoms with Crippen molar-refractivity contribution in [1.82, 2.24) is 10.6 Å². The second-order valence-corrected chi connectivity index (χ2v) is 5.72. The molecule has 2 aromatic carbocycles. The van der Waals surface area contributed by atoms with E-state index in [-0.39, 0.29) is 5.54 Å².